The lowest BCUT2D eigenvalue weighted by atomic mass is 10.2. The van der Waals surface area contributed by atoms with Gasteiger partial charge in [0.25, 0.3) is 5.69 Å². The lowest BCUT2D eigenvalue weighted by molar-refractivity contribution is -0.384. The zero-order valence-corrected chi connectivity index (χ0v) is 13.5. The van der Waals surface area contributed by atoms with Crippen LogP contribution in [0.3, 0.4) is 0 Å². The van der Waals surface area contributed by atoms with Gasteiger partial charge in [0.15, 0.2) is 5.75 Å². The SMILES string of the molecule is O=C(/C=C/c1ccc(Cl)c([N+](=O)[O-])c1)Nc1ccccc1OC(F)(F)F. The Kier molecular flexibility index (Phi) is 5.83. The van der Waals surface area contributed by atoms with Crippen molar-refractivity contribution in [2.75, 3.05) is 5.32 Å². The first kappa shape index (κ1) is 19.3. The number of amides is 1. The van der Waals surface area contributed by atoms with Crippen molar-refractivity contribution in [3.8, 4) is 5.75 Å². The standard InChI is InChI=1S/C16H10ClF3N2O4/c17-11-7-5-10(9-13(11)22(24)25)6-8-15(23)21-12-3-1-2-4-14(12)26-16(18,19)20/h1-9H,(H,21,23)/b8-6+. The zero-order chi connectivity index (χ0) is 19.3. The van der Waals surface area contributed by atoms with Gasteiger partial charge in [0.05, 0.1) is 10.6 Å². The first-order chi connectivity index (χ1) is 12.2. The number of nitro benzene ring substituents is 1. The summed E-state index contributed by atoms with van der Waals surface area (Å²) < 4.78 is 40.9. The second-order valence-electron chi connectivity index (χ2n) is 4.83. The largest absolute Gasteiger partial charge is 0.573 e. The number of nitrogens with one attached hydrogen (secondary N) is 1. The van der Waals surface area contributed by atoms with Crippen LogP contribution in [-0.4, -0.2) is 17.2 Å². The van der Waals surface area contributed by atoms with E-state index in [-0.39, 0.29) is 16.4 Å². The van der Waals surface area contributed by atoms with Gasteiger partial charge in [-0.1, -0.05) is 29.8 Å². The highest BCUT2D eigenvalue weighted by atomic mass is 35.5. The van der Waals surface area contributed by atoms with Crippen LogP contribution < -0.4 is 10.1 Å². The monoisotopic (exact) mass is 386 g/mol. The van der Waals surface area contributed by atoms with Crippen LogP contribution in [0.2, 0.25) is 5.02 Å². The minimum absolute atomic E-state index is 0.0603. The molecule has 0 heterocycles. The predicted molar refractivity (Wildman–Crippen MR) is 88.9 cm³/mol. The Morgan fingerprint density at radius 3 is 2.58 bits per heavy atom. The minimum Gasteiger partial charge on any atom is -0.404 e. The fourth-order valence-electron chi connectivity index (χ4n) is 1.90. The summed E-state index contributed by atoms with van der Waals surface area (Å²) in [5.74, 6) is -1.32. The quantitative estimate of drug-likeness (QED) is 0.454. The van der Waals surface area contributed by atoms with E-state index in [1.54, 1.807) is 0 Å². The number of benzene rings is 2. The molecule has 2 aromatic carbocycles. The number of alkyl halides is 3. The van der Waals surface area contributed by atoms with Gasteiger partial charge in [-0.25, -0.2) is 0 Å². The van der Waals surface area contributed by atoms with Crippen molar-refractivity contribution in [2.24, 2.45) is 0 Å². The molecule has 0 saturated heterocycles. The van der Waals surface area contributed by atoms with Crippen molar-refractivity contribution in [3.63, 3.8) is 0 Å². The third kappa shape index (κ3) is 5.49. The maximum Gasteiger partial charge on any atom is 0.573 e. The van der Waals surface area contributed by atoms with Crippen molar-refractivity contribution >= 4 is 35.0 Å². The molecular formula is C16H10ClF3N2O4. The van der Waals surface area contributed by atoms with Gasteiger partial charge >= 0.3 is 6.36 Å². The van der Waals surface area contributed by atoms with Crippen molar-refractivity contribution in [2.45, 2.75) is 6.36 Å². The number of hydrogen-bond acceptors (Lipinski definition) is 4. The summed E-state index contributed by atoms with van der Waals surface area (Å²) in [6.45, 7) is 0. The average Bonchev–Trinajstić information content (AvgIpc) is 2.54. The molecule has 0 aromatic heterocycles. The number of halogens is 4. The van der Waals surface area contributed by atoms with Gasteiger partial charge < -0.3 is 10.1 Å². The number of carbonyl (C=O) groups excluding carboxylic acids is 1. The number of nitro groups is 1. The molecule has 1 amide bonds. The molecule has 0 saturated carbocycles. The number of nitrogens with zero attached hydrogens (tertiary/aromatic N) is 1. The van der Waals surface area contributed by atoms with Gasteiger partial charge in [-0.2, -0.15) is 0 Å². The fourth-order valence-corrected chi connectivity index (χ4v) is 2.09. The molecule has 0 aliphatic rings. The summed E-state index contributed by atoms with van der Waals surface area (Å²) >= 11 is 5.68. The van der Waals surface area contributed by atoms with Gasteiger partial charge in [0.2, 0.25) is 5.91 Å². The smallest absolute Gasteiger partial charge is 0.404 e. The summed E-state index contributed by atoms with van der Waals surface area (Å²) in [7, 11) is 0. The van der Waals surface area contributed by atoms with Crippen molar-refractivity contribution in [3.05, 3.63) is 69.2 Å². The third-order valence-corrected chi connectivity index (χ3v) is 3.28. The molecule has 6 nitrogen and oxygen atoms in total. The maximum atomic E-state index is 12.3. The van der Waals surface area contributed by atoms with Crippen LogP contribution in [0.25, 0.3) is 6.08 Å². The van der Waals surface area contributed by atoms with Crippen LogP contribution in [0.4, 0.5) is 24.5 Å². The highest BCUT2D eigenvalue weighted by Crippen LogP contribution is 2.30. The first-order valence-electron chi connectivity index (χ1n) is 6.93. The van der Waals surface area contributed by atoms with E-state index in [0.717, 1.165) is 18.2 Å². The lowest BCUT2D eigenvalue weighted by Crippen LogP contribution is -2.19. The molecule has 0 radical (unpaired) electrons. The van der Waals surface area contributed by atoms with Gasteiger partial charge in [-0.3, -0.25) is 14.9 Å². The second-order valence-corrected chi connectivity index (χ2v) is 5.24. The fraction of sp³-hybridized carbons (Fsp3) is 0.0625. The van der Waals surface area contributed by atoms with Gasteiger partial charge in [-0.05, 0) is 29.8 Å². The van der Waals surface area contributed by atoms with E-state index in [1.165, 1.54) is 36.4 Å². The highest BCUT2D eigenvalue weighted by molar-refractivity contribution is 6.32. The highest BCUT2D eigenvalue weighted by Gasteiger charge is 2.32. The molecule has 0 aliphatic heterocycles. The van der Waals surface area contributed by atoms with Crippen LogP contribution in [0.15, 0.2) is 48.5 Å². The van der Waals surface area contributed by atoms with E-state index < -0.39 is 22.9 Å². The van der Waals surface area contributed by atoms with Crippen molar-refractivity contribution in [1.29, 1.82) is 0 Å². The first-order valence-corrected chi connectivity index (χ1v) is 7.31. The molecule has 1 N–H and O–H groups in total. The van der Waals surface area contributed by atoms with Crippen LogP contribution in [-0.2, 0) is 4.79 Å². The molecule has 26 heavy (non-hydrogen) atoms. The number of rotatable bonds is 5. The summed E-state index contributed by atoms with van der Waals surface area (Å²) in [6.07, 6.45) is -2.64. The maximum absolute atomic E-state index is 12.3. The van der Waals surface area contributed by atoms with Crippen molar-refractivity contribution in [1.82, 2.24) is 0 Å². The number of para-hydroxylation sites is 2. The van der Waals surface area contributed by atoms with Gasteiger partial charge in [-0.15, -0.1) is 13.2 Å². The molecule has 2 rings (SSSR count). The second kappa shape index (κ2) is 7.87. The summed E-state index contributed by atoms with van der Waals surface area (Å²) in [6, 6.07) is 8.93. The number of hydrogen-bond donors (Lipinski definition) is 1. The number of carbonyl (C=O) groups is 1. The zero-order valence-electron chi connectivity index (χ0n) is 12.8. The van der Waals surface area contributed by atoms with Crippen LogP contribution in [0, 0.1) is 10.1 Å². The number of ether oxygens (including phenoxy) is 1. The third-order valence-electron chi connectivity index (χ3n) is 2.96. The van der Waals surface area contributed by atoms with Crippen LogP contribution >= 0.6 is 11.6 Å². The molecule has 0 unspecified atom stereocenters. The predicted octanol–water partition coefficient (Wildman–Crippen LogP) is 4.80. The normalized spacial score (nSPS) is 11.4. The minimum atomic E-state index is -4.90. The molecular weight excluding hydrogens is 377 g/mol. The summed E-state index contributed by atoms with van der Waals surface area (Å²) in [5, 5.41) is 13.0. The Labute approximate surface area is 150 Å². The Balaban J connectivity index is 2.14. The molecule has 2 aromatic rings. The lowest BCUT2D eigenvalue weighted by Gasteiger charge is -2.13. The molecule has 0 fully saturated rings. The van der Waals surface area contributed by atoms with Gasteiger partial charge in [0, 0.05) is 12.1 Å². The Morgan fingerprint density at radius 2 is 1.92 bits per heavy atom. The summed E-state index contributed by atoms with van der Waals surface area (Å²) in [4.78, 5) is 22.0. The molecule has 0 atom stereocenters. The number of anilines is 1. The Bertz CT molecular complexity index is 869. The van der Waals surface area contributed by atoms with E-state index in [4.69, 9.17) is 11.6 Å². The Morgan fingerprint density at radius 1 is 1.23 bits per heavy atom. The van der Waals surface area contributed by atoms with Gasteiger partial charge in [0.1, 0.15) is 5.02 Å². The molecule has 0 bridgehead atoms. The summed E-state index contributed by atoms with van der Waals surface area (Å²) in [5.41, 5.74) is -0.198. The van der Waals surface area contributed by atoms with E-state index in [0.29, 0.717) is 5.56 Å². The molecule has 136 valence electrons. The molecule has 10 heteroatoms. The van der Waals surface area contributed by atoms with E-state index in [2.05, 4.69) is 10.1 Å². The van der Waals surface area contributed by atoms with E-state index in [1.807, 2.05) is 0 Å². The van der Waals surface area contributed by atoms with E-state index in [9.17, 15) is 28.1 Å². The Hall–Kier alpha value is -3.07. The van der Waals surface area contributed by atoms with Crippen LogP contribution in [0.5, 0.6) is 5.75 Å². The topological polar surface area (TPSA) is 81.5 Å². The average molecular weight is 387 g/mol. The van der Waals surface area contributed by atoms with Crippen LogP contribution in [0.1, 0.15) is 5.56 Å². The van der Waals surface area contributed by atoms with E-state index >= 15 is 0 Å². The van der Waals surface area contributed by atoms with Crippen molar-refractivity contribution < 1.29 is 27.6 Å². The molecule has 0 aliphatic carbocycles. The molecule has 0 spiro atoms.